The molecule has 3 amide bonds. The number of carbonyl (C=O) groups excluding carboxylic acids is 3. The second-order valence-corrected chi connectivity index (χ2v) is 8.05. The first kappa shape index (κ1) is 30.4. The zero-order valence-electron chi connectivity index (χ0n) is 20.8. The van der Waals surface area contributed by atoms with Gasteiger partial charge in [-0.1, -0.05) is 56.3 Å². The van der Waals surface area contributed by atoms with Crippen LogP contribution in [0.5, 0.6) is 0 Å². The predicted octanol–water partition coefficient (Wildman–Crippen LogP) is 3.60. The van der Waals surface area contributed by atoms with Crippen molar-refractivity contribution in [3.8, 4) is 0 Å². The van der Waals surface area contributed by atoms with Gasteiger partial charge in [0.2, 0.25) is 11.8 Å². The number of fused-ring (bicyclic) bond motifs is 1. The van der Waals surface area contributed by atoms with Gasteiger partial charge in [-0.3, -0.25) is 14.4 Å². The van der Waals surface area contributed by atoms with E-state index in [2.05, 4.69) is 16.0 Å². The van der Waals surface area contributed by atoms with E-state index in [0.29, 0.717) is 6.54 Å². The van der Waals surface area contributed by atoms with Crippen molar-refractivity contribution in [2.45, 2.75) is 66.2 Å². The maximum Gasteiger partial charge on any atom is 0.408 e. The third-order valence-electron chi connectivity index (χ3n) is 4.05. The van der Waals surface area contributed by atoms with Crippen molar-refractivity contribution in [2.75, 3.05) is 6.54 Å². The zero-order valence-corrected chi connectivity index (χ0v) is 20.8. The SMILES string of the molecule is CC.CC(CC(=O)NCc1cccc2ccccc12)NC(=O)CNC(=O)OC(C)(C)C.O=CO. The number of carbonyl (C=O) groups is 4. The Kier molecular flexibility index (Phi) is 14.4. The lowest BCUT2D eigenvalue weighted by Crippen LogP contribution is -2.43. The third kappa shape index (κ3) is 13.0. The number of carboxylic acid groups (broad SMARTS) is 1. The van der Waals surface area contributed by atoms with Gasteiger partial charge in [0, 0.05) is 19.0 Å². The van der Waals surface area contributed by atoms with Crippen molar-refractivity contribution in [1.82, 2.24) is 16.0 Å². The molecule has 0 fully saturated rings. The average Bonchev–Trinajstić information content (AvgIpc) is 2.77. The Balaban J connectivity index is 0.00000201. The van der Waals surface area contributed by atoms with Crippen LogP contribution in [0.4, 0.5) is 4.79 Å². The first-order valence-corrected chi connectivity index (χ1v) is 11.1. The topological polar surface area (TPSA) is 134 Å². The van der Waals surface area contributed by atoms with Crippen molar-refractivity contribution in [1.29, 1.82) is 0 Å². The maximum absolute atomic E-state index is 12.2. The minimum Gasteiger partial charge on any atom is -0.483 e. The standard InChI is InChI=1S/C22H29N3O4.C2H6.CH2O2/c1-15(25-20(27)14-24-21(28)29-22(2,3)4)12-19(26)23-13-17-10-7-9-16-8-5-6-11-18(16)17;1-2;2-1-3/h5-11,15H,12-14H2,1-4H3,(H,23,26)(H,24,28)(H,25,27);1-2H3;1H,(H,2,3). The summed E-state index contributed by atoms with van der Waals surface area (Å²) in [6.45, 7) is 10.9. The molecule has 188 valence electrons. The molecule has 0 saturated heterocycles. The average molecular weight is 476 g/mol. The smallest absolute Gasteiger partial charge is 0.408 e. The van der Waals surface area contributed by atoms with Gasteiger partial charge in [-0.15, -0.1) is 0 Å². The van der Waals surface area contributed by atoms with Crippen LogP contribution in [-0.2, 0) is 25.7 Å². The summed E-state index contributed by atoms with van der Waals surface area (Å²) in [6.07, 6.45) is -0.517. The Bertz CT molecular complexity index is 919. The lowest BCUT2D eigenvalue weighted by Gasteiger charge is -2.20. The molecule has 34 heavy (non-hydrogen) atoms. The van der Waals surface area contributed by atoms with Gasteiger partial charge in [-0.25, -0.2) is 4.79 Å². The van der Waals surface area contributed by atoms with E-state index in [1.54, 1.807) is 27.7 Å². The van der Waals surface area contributed by atoms with Gasteiger partial charge in [-0.05, 0) is 44.0 Å². The molecule has 9 heteroatoms. The van der Waals surface area contributed by atoms with Gasteiger partial charge in [-0.2, -0.15) is 0 Å². The molecule has 0 aliphatic carbocycles. The molecular weight excluding hydrogens is 438 g/mol. The quantitative estimate of drug-likeness (QED) is 0.452. The van der Waals surface area contributed by atoms with Gasteiger partial charge >= 0.3 is 6.09 Å². The van der Waals surface area contributed by atoms with Gasteiger partial charge in [0.1, 0.15) is 12.1 Å². The summed E-state index contributed by atoms with van der Waals surface area (Å²) in [7, 11) is 0. The number of amides is 3. The Labute approximate surface area is 201 Å². The predicted molar refractivity (Wildman–Crippen MR) is 132 cm³/mol. The van der Waals surface area contributed by atoms with E-state index in [1.165, 1.54) is 0 Å². The molecule has 0 spiro atoms. The Morgan fingerprint density at radius 1 is 1.00 bits per heavy atom. The van der Waals surface area contributed by atoms with E-state index < -0.39 is 11.7 Å². The van der Waals surface area contributed by atoms with Crippen LogP contribution in [0.3, 0.4) is 0 Å². The van der Waals surface area contributed by atoms with Gasteiger partial charge < -0.3 is 25.8 Å². The summed E-state index contributed by atoms with van der Waals surface area (Å²) in [5, 5.41) is 17.1. The highest BCUT2D eigenvalue weighted by Crippen LogP contribution is 2.18. The van der Waals surface area contributed by atoms with Crippen molar-refractivity contribution in [2.24, 2.45) is 0 Å². The van der Waals surface area contributed by atoms with E-state index in [4.69, 9.17) is 14.6 Å². The molecule has 0 aliphatic rings. The molecule has 2 aromatic carbocycles. The van der Waals surface area contributed by atoms with Crippen LogP contribution in [0, 0.1) is 0 Å². The highest BCUT2D eigenvalue weighted by molar-refractivity contribution is 5.86. The first-order chi connectivity index (χ1) is 16.1. The summed E-state index contributed by atoms with van der Waals surface area (Å²) in [5.74, 6) is -0.545. The van der Waals surface area contributed by atoms with Crippen LogP contribution < -0.4 is 16.0 Å². The molecule has 9 nitrogen and oxygen atoms in total. The van der Waals surface area contributed by atoms with E-state index in [-0.39, 0.29) is 37.3 Å². The van der Waals surface area contributed by atoms with Crippen molar-refractivity contribution >= 4 is 35.2 Å². The van der Waals surface area contributed by atoms with Crippen molar-refractivity contribution in [3.05, 3.63) is 48.0 Å². The van der Waals surface area contributed by atoms with Crippen LogP contribution in [0.15, 0.2) is 42.5 Å². The largest absolute Gasteiger partial charge is 0.483 e. The summed E-state index contributed by atoms with van der Waals surface area (Å²) in [6, 6.07) is 13.6. The molecule has 0 aliphatic heterocycles. The van der Waals surface area contributed by atoms with Crippen LogP contribution in [-0.4, -0.2) is 47.7 Å². The van der Waals surface area contributed by atoms with E-state index in [1.807, 2.05) is 56.3 Å². The molecular formula is C25H37N3O6. The number of nitrogens with one attached hydrogen (secondary N) is 3. The summed E-state index contributed by atoms with van der Waals surface area (Å²) < 4.78 is 5.07. The lowest BCUT2D eigenvalue weighted by atomic mass is 10.0. The van der Waals surface area contributed by atoms with Crippen molar-refractivity contribution < 1.29 is 29.0 Å². The molecule has 4 N–H and O–H groups in total. The fraction of sp³-hybridized carbons (Fsp3) is 0.440. The molecule has 0 radical (unpaired) electrons. The molecule has 2 aromatic rings. The summed E-state index contributed by atoms with van der Waals surface area (Å²) in [4.78, 5) is 44.1. The fourth-order valence-electron chi connectivity index (χ4n) is 2.83. The summed E-state index contributed by atoms with van der Waals surface area (Å²) in [5.41, 5.74) is 0.408. The number of rotatable bonds is 7. The van der Waals surface area contributed by atoms with E-state index in [9.17, 15) is 14.4 Å². The third-order valence-corrected chi connectivity index (χ3v) is 4.05. The number of hydrogen-bond acceptors (Lipinski definition) is 5. The van der Waals surface area contributed by atoms with Gasteiger partial charge in [0.25, 0.3) is 6.47 Å². The molecule has 2 rings (SSSR count). The molecule has 0 saturated carbocycles. The molecule has 1 unspecified atom stereocenters. The molecule has 0 heterocycles. The maximum atomic E-state index is 12.2. The minimum absolute atomic E-state index is 0.142. The Hall–Kier alpha value is -3.62. The number of ether oxygens (including phenoxy) is 1. The fourth-order valence-corrected chi connectivity index (χ4v) is 2.83. The normalized spacial score (nSPS) is 10.9. The highest BCUT2D eigenvalue weighted by atomic mass is 16.6. The second kappa shape index (κ2) is 16.1. The molecule has 0 aromatic heterocycles. The Morgan fingerprint density at radius 3 is 2.21 bits per heavy atom. The molecule has 1 atom stereocenters. The second-order valence-electron chi connectivity index (χ2n) is 8.05. The summed E-state index contributed by atoms with van der Waals surface area (Å²) >= 11 is 0. The highest BCUT2D eigenvalue weighted by Gasteiger charge is 2.17. The van der Waals surface area contributed by atoms with Crippen LogP contribution in [0.1, 0.15) is 53.5 Å². The van der Waals surface area contributed by atoms with Gasteiger partial charge in [0.15, 0.2) is 0 Å². The molecule has 0 bridgehead atoms. The minimum atomic E-state index is -0.659. The van der Waals surface area contributed by atoms with Crippen LogP contribution in [0.25, 0.3) is 10.8 Å². The van der Waals surface area contributed by atoms with Crippen LogP contribution >= 0.6 is 0 Å². The van der Waals surface area contributed by atoms with Crippen LogP contribution in [0.2, 0.25) is 0 Å². The monoisotopic (exact) mass is 475 g/mol. The van der Waals surface area contributed by atoms with Crippen molar-refractivity contribution in [3.63, 3.8) is 0 Å². The lowest BCUT2D eigenvalue weighted by molar-refractivity contribution is -0.124. The van der Waals surface area contributed by atoms with E-state index >= 15 is 0 Å². The first-order valence-electron chi connectivity index (χ1n) is 11.1. The zero-order chi connectivity index (χ0) is 26.1. The number of hydrogen-bond donors (Lipinski definition) is 4. The van der Waals surface area contributed by atoms with Gasteiger partial charge in [0.05, 0.1) is 0 Å². The number of alkyl carbamates (subject to hydrolysis) is 1. The van der Waals surface area contributed by atoms with E-state index in [0.717, 1.165) is 16.3 Å². The Morgan fingerprint density at radius 2 is 1.59 bits per heavy atom. The number of benzene rings is 2.